The van der Waals surface area contributed by atoms with Gasteiger partial charge in [-0.05, 0) is 88.3 Å². The molecule has 1 heterocycles. The molecule has 4 aromatic rings. The first-order chi connectivity index (χ1) is 20.7. The molecular weight excluding hydrogens is 687 g/mol. The van der Waals surface area contributed by atoms with Crippen LogP contribution >= 0.6 is 22.6 Å². The van der Waals surface area contributed by atoms with Crippen molar-refractivity contribution in [3.63, 3.8) is 0 Å². The number of barbiturate groups is 1. The van der Waals surface area contributed by atoms with Crippen LogP contribution < -0.4 is 23.9 Å². The van der Waals surface area contributed by atoms with Gasteiger partial charge in [-0.2, -0.15) is 8.42 Å². The molecule has 1 saturated heterocycles. The summed E-state index contributed by atoms with van der Waals surface area (Å²) in [5, 5.41) is 2.18. The van der Waals surface area contributed by atoms with Crippen molar-refractivity contribution in [2.24, 2.45) is 0 Å². The van der Waals surface area contributed by atoms with Crippen LogP contribution in [0.2, 0.25) is 0 Å². The summed E-state index contributed by atoms with van der Waals surface area (Å²) in [6.45, 7) is 0.342. The van der Waals surface area contributed by atoms with E-state index < -0.39 is 28.0 Å². The first kappa shape index (κ1) is 29.8. The SMILES string of the molecule is COc1cc(/C=C2\C(=O)NC(=O)N(c3ccc(OCc4ccccc4)cc3)C2=O)cc(I)c1OS(=O)(=O)c1ccccc1. The standard InChI is InChI=1S/C31H23IN2O8S/c1-40-27-18-21(17-26(32)28(27)42-43(38,39)24-10-6-3-7-11-24)16-25-29(35)33-31(37)34(30(25)36)22-12-14-23(15-13-22)41-19-20-8-4-2-5-9-20/h2-18H,19H2,1H3,(H,33,35,37)/b25-16+. The number of methoxy groups -OCH3 is 1. The number of rotatable bonds is 9. The average molecular weight is 711 g/mol. The van der Waals surface area contributed by atoms with E-state index in [0.717, 1.165) is 10.5 Å². The number of amides is 4. The Morgan fingerprint density at radius 2 is 1.53 bits per heavy atom. The summed E-state index contributed by atoms with van der Waals surface area (Å²) in [6, 6.07) is 25.6. The summed E-state index contributed by atoms with van der Waals surface area (Å²) in [6.07, 6.45) is 1.29. The maximum Gasteiger partial charge on any atom is 0.339 e. The molecule has 218 valence electrons. The maximum absolute atomic E-state index is 13.4. The number of ether oxygens (including phenoxy) is 2. The van der Waals surface area contributed by atoms with Crippen molar-refractivity contribution < 1.29 is 36.5 Å². The van der Waals surface area contributed by atoms with E-state index in [2.05, 4.69) is 5.32 Å². The number of benzene rings is 4. The molecule has 0 unspecified atom stereocenters. The zero-order valence-electron chi connectivity index (χ0n) is 22.5. The molecule has 0 bridgehead atoms. The van der Waals surface area contributed by atoms with Crippen LogP contribution in [0.15, 0.2) is 108 Å². The van der Waals surface area contributed by atoms with Crippen molar-refractivity contribution in [3.05, 3.63) is 117 Å². The van der Waals surface area contributed by atoms with Gasteiger partial charge in [0, 0.05) is 0 Å². The molecule has 0 saturated carbocycles. The van der Waals surface area contributed by atoms with E-state index in [9.17, 15) is 22.8 Å². The van der Waals surface area contributed by atoms with Gasteiger partial charge < -0.3 is 13.7 Å². The van der Waals surface area contributed by atoms with Gasteiger partial charge in [0.25, 0.3) is 11.8 Å². The van der Waals surface area contributed by atoms with E-state index in [1.165, 1.54) is 49.6 Å². The molecular formula is C31H23IN2O8S. The van der Waals surface area contributed by atoms with Gasteiger partial charge in [-0.3, -0.25) is 14.9 Å². The molecule has 1 N–H and O–H groups in total. The number of halogens is 1. The van der Waals surface area contributed by atoms with Crippen molar-refractivity contribution in [2.75, 3.05) is 12.0 Å². The van der Waals surface area contributed by atoms with Crippen LogP contribution in [0.5, 0.6) is 17.2 Å². The average Bonchev–Trinajstić information content (AvgIpc) is 3.01. The van der Waals surface area contributed by atoms with Crippen molar-refractivity contribution >= 4 is 62.3 Å². The first-order valence-corrected chi connectivity index (χ1v) is 15.2. The lowest BCUT2D eigenvalue weighted by molar-refractivity contribution is -0.122. The molecule has 1 aliphatic heterocycles. The fraction of sp³-hybridized carbons (Fsp3) is 0.0645. The second-order valence-electron chi connectivity index (χ2n) is 9.11. The van der Waals surface area contributed by atoms with Gasteiger partial charge in [-0.15, -0.1) is 0 Å². The molecule has 0 radical (unpaired) electrons. The number of hydrogen-bond donors (Lipinski definition) is 1. The third-order valence-corrected chi connectivity index (χ3v) is 8.27. The third-order valence-electron chi connectivity index (χ3n) is 6.23. The highest BCUT2D eigenvalue weighted by Crippen LogP contribution is 2.37. The zero-order valence-corrected chi connectivity index (χ0v) is 25.5. The maximum atomic E-state index is 13.4. The van der Waals surface area contributed by atoms with Crippen molar-refractivity contribution in [1.29, 1.82) is 0 Å². The van der Waals surface area contributed by atoms with Gasteiger partial charge >= 0.3 is 16.1 Å². The third kappa shape index (κ3) is 6.70. The summed E-state index contributed by atoms with van der Waals surface area (Å²) < 4.78 is 42.5. The minimum absolute atomic E-state index is 0.0379. The Labute approximate surface area is 261 Å². The Kier molecular flexibility index (Phi) is 8.78. The molecule has 43 heavy (non-hydrogen) atoms. The normalized spacial score (nSPS) is 14.4. The van der Waals surface area contributed by atoms with Gasteiger partial charge in [0.05, 0.1) is 16.4 Å². The van der Waals surface area contributed by atoms with E-state index in [1.54, 1.807) is 30.3 Å². The van der Waals surface area contributed by atoms with Crippen LogP contribution in [0.3, 0.4) is 0 Å². The molecule has 12 heteroatoms. The lowest BCUT2D eigenvalue weighted by Gasteiger charge is -2.26. The van der Waals surface area contributed by atoms with E-state index >= 15 is 0 Å². The molecule has 0 aromatic heterocycles. The lowest BCUT2D eigenvalue weighted by Crippen LogP contribution is -2.54. The predicted octanol–water partition coefficient (Wildman–Crippen LogP) is 5.31. The molecule has 1 aliphatic rings. The molecule has 1 fully saturated rings. The Morgan fingerprint density at radius 1 is 0.884 bits per heavy atom. The van der Waals surface area contributed by atoms with Crippen LogP contribution in [0.1, 0.15) is 11.1 Å². The fourth-order valence-electron chi connectivity index (χ4n) is 4.14. The smallest absolute Gasteiger partial charge is 0.339 e. The predicted molar refractivity (Wildman–Crippen MR) is 166 cm³/mol. The first-order valence-electron chi connectivity index (χ1n) is 12.7. The van der Waals surface area contributed by atoms with E-state index in [0.29, 0.717) is 21.5 Å². The van der Waals surface area contributed by atoms with Crippen LogP contribution in [0, 0.1) is 3.57 Å². The number of urea groups is 1. The van der Waals surface area contributed by atoms with Gasteiger partial charge in [-0.25, -0.2) is 9.69 Å². The minimum atomic E-state index is -4.16. The van der Waals surface area contributed by atoms with Gasteiger partial charge in [0.2, 0.25) is 0 Å². The Bertz CT molecular complexity index is 1830. The van der Waals surface area contributed by atoms with Crippen LogP contribution in [0.4, 0.5) is 10.5 Å². The summed E-state index contributed by atoms with van der Waals surface area (Å²) in [5.74, 6) is -1.19. The Morgan fingerprint density at radius 3 is 2.19 bits per heavy atom. The second kappa shape index (κ2) is 12.7. The monoisotopic (exact) mass is 710 g/mol. The number of carbonyl (C=O) groups excluding carboxylic acids is 3. The Hall–Kier alpha value is -4.69. The molecule has 0 atom stereocenters. The summed E-state index contributed by atoms with van der Waals surface area (Å²) in [7, 11) is -2.83. The van der Waals surface area contributed by atoms with E-state index in [4.69, 9.17) is 13.7 Å². The van der Waals surface area contributed by atoms with Crippen molar-refractivity contribution in [3.8, 4) is 17.2 Å². The molecule has 5 rings (SSSR count). The molecule has 0 aliphatic carbocycles. The molecule has 4 amide bonds. The number of anilines is 1. The number of hydrogen-bond acceptors (Lipinski definition) is 8. The Balaban J connectivity index is 1.39. The van der Waals surface area contributed by atoms with Crippen LogP contribution in [-0.2, 0) is 26.3 Å². The highest BCUT2D eigenvalue weighted by Gasteiger charge is 2.37. The number of nitrogens with one attached hydrogen (secondary N) is 1. The molecule has 10 nitrogen and oxygen atoms in total. The number of nitrogens with zero attached hydrogens (tertiary/aromatic N) is 1. The van der Waals surface area contributed by atoms with E-state index in [-0.39, 0.29) is 27.7 Å². The van der Waals surface area contributed by atoms with E-state index in [1.807, 2.05) is 52.9 Å². The van der Waals surface area contributed by atoms with Crippen molar-refractivity contribution in [2.45, 2.75) is 11.5 Å². The highest BCUT2D eigenvalue weighted by atomic mass is 127. The summed E-state index contributed by atoms with van der Waals surface area (Å²) >= 11 is 1.87. The van der Waals surface area contributed by atoms with Gasteiger partial charge in [0.15, 0.2) is 11.5 Å². The molecule has 4 aromatic carbocycles. The second-order valence-corrected chi connectivity index (χ2v) is 11.8. The fourth-order valence-corrected chi connectivity index (χ4v) is 6.00. The quantitative estimate of drug-likeness (QED) is 0.107. The van der Waals surface area contributed by atoms with Crippen molar-refractivity contribution in [1.82, 2.24) is 5.32 Å². The number of imide groups is 2. The zero-order chi connectivity index (χ0) is 30.6. The van der Waals surface area contributed by atoms with Crippen LogP contribution in [-0.4, -0.2) is 33.4 Å². The summed E-state index contributed by atoms with van der Waals surface area (Å²) in [5.41, 5.74) is 1.24. The summed E-state index contributed by atoms with van der Waals surface area (Å²) in [4.78, 5) is 39.6. The highest BCUT2D eigenvalue weighted by molar-refractivity contribution is 14.1. The van der Waals surface area contributed by atoms with Gasteiger partial charge in [0.1, 0.15) is 22.8 Å². The lowest BCUT2D eigenvalue weighted by atomic mass is 10.1. The van der Waals surface area contributed by atoms with Crippen LogP contribution in [0.25, 0.3) is 6.08 Å². The number of carbonyl (C=O) groups is 3. The van der Waals surface area contributed by atoms with Gasteiger partial charge in [-0.1, -0.05) is 48.5 Å². The molecule has 0 spiro atoms. The minimum Gasteiger partial charge on any atom is -0.493 e. The largest absolute Gasteiger partial charge is 0.493 e. The topological polar surface area (TPSA) is 128 Å².